The first kappa shape index (κ1) is 12.4. The molecule has 0 heterocycles. The van der Waals surface area contributed by atoms with Gasteiger partial charge in [-0.25, -0.2) is 0 Å². The zero-order valence-corrected chi connectivity index (χ0v) is 10.5. The highest BCUT2D eigenvalue weighted by Gasteiger charge is 2.04. The summed E-state index contributed by atoms with van der Waals surface area (Å²) < 4.78 is 5.77. The summed E-state index contributed by atoms with van der Waals surface area (Å²) in [5, 5.41) is 0. The van der Waals surface area contributed by atoms with E-state index in [0.717, 1.165) is 31.1 Å². The lowest BCUT2D eigenvalue weighted by Gasteiger charge is -2.12. The van der Waals surface area contributed by atoms with Crippen LogP contribution in [0.5, 0.6) is 5.75 Å². The number of ether oxygens (including phenoxy) is 1. The van der Waals surface area contributed by atoms with Crippen LogP contribution in [0.15, 0.2) is 12.1 Å². The Morgan fingerprint density at radius 2 is 1.67 bits per heavy atom. The van der Waals surface area contributed by atoms with Crippen molar-refractivity contribution in [1.82, 2.24) is 0 Å². The highest BCUT2D eigenvalue weighted by Crippen LogP contribution is 2.24. The summed E-state index contributed by atoms with van der Waals surface area (Å²) in [5.41, 5.74) is 3.73. The fourth-order valence-electron chi connectivity index (χ4n) is 1.77. The predicted molar refractivity (Wildman–Crippen MR) is 66.1 cm³/mol. The molecule has 0 radical (unpaired) electrons. The van der Waals surface area contributed by atoms with Crippen LogP contribution in [-0.4, -0.2) is 12.5 Å². The van der Waals surface area contributed by atoms with E-state index in [2.05, 4.69) is 32.9 Å². The molecule has 0 bridgehead atoms. The average Bonchev–Trinajstić information content (AvgIpc) is 2.15. The summed E-state index contributed by atoms with van der Waals surface area (Å²) in [4.78, 5) is 0. The third-order valence-corrected chi connectivity index (χ3v) is 2.65. The summed E-state index contributed by atoms with van der Waals surface area (Å²) >= 11 is 5.61. The number of hydrogen-bond donors (Lipinski definition) is 0. The standard InChI is InChI=1S/C13H19ClO/c1-10-8-11(2)13(12(3)9-10)15-7-5-4-6-14/h8-9H,4-7H2,1-3H3. The smallest absolute Gasteiger partial charge is 0.125 e. The Balaban J connectivity index is 2.60. The molecule has 0 spiro atoms. The van der Waals surface area contributed by atoms with Gasteiger partial charge in [-0.1, -0.05) is 17.7 Å². The van der Waals surface area contributed by atoms with Gasteiger partial charge in [0.25, 0.3) is 0 Å². The molecule has 0 fully saturated rings. The topological polar surface area (TPSA) is 9.23 Å². The Bertz CT molecular complexity index is 297. The monoisotopic (exact) mass is 226 g/mol. The highest BCUT2D eigenvalue weighted by molar-refractivity contribution is 6.17. The zero-order valence-electron chi connectivity index (χ0n) is 9.77. The third kappa shape index (κ3) is 3.75. The van der Waals surface area contributed by atoms with Crippen molar-refractivity contribution in [3.05, 3.63) is 28.8 Å². The molecule has 0 saturated heterocycles. The molecule has 15 heavy (non-hydrogen) atoms. The Kier molecular flexibility index (Phi) is 4.97. The number of unbranched alkanes of at least 4 members (excludes halogenated alkanes) is 1. The third-order valence-electron chi connectivity index (χ3n) is 2.38. The van der Waals surface area contributed by atoms with Gasteiger partial charge in [-0.2, -0.15) is 0 Å². The average molecular weight is 227 g/mol. The number of aryl methyl sites for hydroxylation is 3. The molecule has 0 amide bonds. The van der Waals surface area contributed by atoms with E-state index in [1.54, 1.807) is 0 Å². The first-order valence-electron chi connectivity index (χ1n) is 5.41. The normalized spacial score (nSPS) is 10.4. The summed E-state index contributed by atoms with van der Waals surface area (Å²) in [6.07, 6.45) is 2.04. The van der Waals surface area contributed by atoms with Crippen molar-refractivity contribution in [1.29, 1.82) is 0 Å². The van der Waals surface area contributed by atoms with E-state index in [1.807, 2.05) is 0 Å². The van der Waals surface area contributed by atoms with Crippen LogP contribution in [0.4, 0.5) is 0 Å². The van der Waals surface area contributed by atoms with Gasteiger partial charge >= 0.3 is 0 Å². The van der Waals surface area contributed by atoms with Gasteiger partial charge in [0, 0.05) is 5.88 Å². The zero-order chi connectivity index (χ0) is 11.3. The van der Waals surface area contributed by atoms with Gasteiger partial charge in [0.05, 0.1) is 6.61 Å². The second kappa shape index (κ2) is 6.02. The van der Waals surface area contributed by atoms with E-state index < -0.39 is 0 Å². The van der Waals surface area contributed by atoms with Crippen LogP contribution in [0.3, 0.4) is 0 Å². The first-order chi connectivity index (χ1) is 7.15. The minimum absolute atomic E-state index is 0.717. The quantitative estimate of drug-likeness (QED) is 0.545. The van der Waals surface area contributed by atoms with Gasteiger partial charge in [0.1, 0.15) is 5.75 Å². The van der Waals surface area contributed by atoms with E-state index in [1.165, 1.54) is 16.7 Å². The van der Waals surface area contributed by atoms with Gasteiger partial charge in [0.15, 0.2) is 0 Å². The molecule has 84 valence electrons. The molecule has 0 aliphatic heterocycles. The van der Waals surface area contributed by atoms with Crippen LogP contribution in [0.25, 0.3) is 0 Å². The summed E-state index contributed by atoms with van der Waals surface area (Å²) in [7, 11) is 0. The molecule has 2 heteroatoms. The van der Waals surface area contributed by atoms with Gasteiger partial charge in [-0.3, -0.25) is 0 Å². The van der Waals surface area contributed by atoms with Crippen molar-refractivity contribution in [2.24, 2.45) is 0 Å². The van der Waals surface area contributed by atoms with E-state index in [9.17, 15) is 0 Å². The lowest BCUT2D eigenvalue weighted by atomic mass is 10.1. The molecule has 1 aromatic carbocycles. The van der Waals surface area contributed by atoms with Crippen molar-refractivity contribution in [3.63, 3.8) is 0 Å². The Morgan fingerprint density at radius 1 is 1.07 bits per heavy atom. The maximum atomic E-state index is 5.77. The molecule has 0 aromatic heterocycles. The highest BCUT2D eigenvalue weighted by atomic mass is 35.5. The second-order valence-corrected chi connectivity index (χ2v) is 4.35. The summed E-state index contributed by atoms with van der Waals surface area (Å²) in [5.74, 6) is 1.75. The molecule has 0 unspecified atom stereocenters. The van der Waals surface area contributed by atoms with Crippen LogP contribution >= 0.6 is 11.6 Å². The van der Waals surface area contributed by atoms with E-state index in [-0.39, 0.29) is 0 Å². The van der Waals surface area contributed by atoms with Crippen molar-refractivity contribution >= 4 is 11.6 Å². The van der Waals surface area contributed by atoms with E-state index in [4.69, 9.17) is 16.3 Å². The van der Waals surface area contributed by atoms with Crippen LogP contribution in [0.1, 0.15) is 29.5 Å². The van der Waals surface area contributed by atoms with Crippen LogP contribution in [0, 0.1) is 20.8 Å². The Hall–Kier alpha value is -0.690. The minimum Gasteiger partial charge on any atom is -0.493 e. The largest absolute Gasteiger partial charge is 0.493 e. The summed E-state index contributed by atoms with van der Waals surface area (Å²) in [6.45, 7) is 7.06. The van der Waals surface area contributed by atoms with Gasteiger partial charge < -0.3 is 4.74 Å². The number of alkyl halides is 1. The molecule has 1 aromatic rings. The fourth-order valence-corrected chi connectivity index (χ4v) is 1.95. The van der Waals surface area contributed by atoms with Crippen molar-refractivity contribution in [3.8, 4) is 5.75 Å². The summed E-state index contributed by atoms with van der Waals surface area (Å²) in [6, 6.07) is 4.31. The molecular formula is C13H19ClO. The molecule has 0 N–H and O–H groups in total. The second-order valence-electron chi connectivity index (χ2n) is 3.97. The van der Waals surface area contributed by atoms with Crippen molar-refractivity contribution in [2.75, 3.05) is 12.5 Å². The van der Waals surface area contributed by atoms with Gasteiger partial charge in [-0.05, 0) is 44.7 Å². The van der Waals surface area contributed by atoms with Crippen molar-refractivity contribution < 1.29 is 4.74 Å². The maximum Gasteiger partial charge on any atom is 0.125 e. The fraction of sp³-hybridized carbons (Fsp3) is 0.538. The molecule has 1 rings (SSSR count). The molecule has 0 atom stereocenters. The SMILES string of the molecule is Cc1cc(C)c(OCCCCCl)c(C)c1. The van der Waals surface area contributed by atoms with Gasteiger partial charge in [0.2, 0.25) is 0 Å². The maximum absolute atomic E-state index is 5.77. The Morgan fingerprint density at radius 3 is 2.20 bits per heavy atom. The molecule has 0 aliphatic rings. The minimum atomic E-state index is 0.717. The number of halogens is 1. The molecule has 0 saturated carbocycles. The van der Waals surface area contributed by atoms with E-state index in [0.29, 0.717) is 0 Å². The molecule has 1 nitrogen and oxygen atoms in total. The molecule has 0 aliphatic carbocycles. The predicted octanol–water partition coefficient (Wildman–Crippen LogP) is 4.01. The first-order valence-corrected chi connectivity index (χ1v) is 5.95. The lowest BCUT2D eigenvalue weighted by molar-refractivity contribution is 0.305. The van der Waals surface area contributed by atoms with Gasteiger partial charge in [-0.15, -0.1) is 11.6 Å². The Labute approximate surface area is 97.4 Å². The van der Waals surface area contributed by atoms with Crippen LogP contribution < -0.4 is 4.74 Å². The van der Waals surface area contributed by atoms with Crippen LogP contribution in [-0.2, 0) is 0 Å². The molecular weight excluding hydrogens is 208 g/mol. The van der Waals surface area contributed by atoms with Crippen molar-refractivity contribution in [2.45, 2.75) is 33.6 Å². The number of rotatable bonds is 5. The lowest BCUT2D eigenvalue weighted by Crippen LogP contribution is -2.01. The van der Waals surface area contributed by atoms with E-state index >= 15 is 0 Å². The van der Waals surface area contributed by atoms with Crippen LogP contribution in [0.2, 0.25) is 0 Å². The number of benzene rings is 1. The number of hydrogen-bond acceptors (Lipinski definition) is 1.